The van der Waals surface area contributed by atoms with Crippen molar-refractivity contribution >= 4 is 0 Å². The number of ether oxygens (including phenoxy) is 4. The van der Waals surface area contributed by atoms with Gasteiger partial charge in [-0.1, -0.05) is 20.8 Å². The predicted molar refractivity (Wildman–Crippen MR) is 93.7 cm³/mol. The van der Waals surface area contributed by atoms with E-state index in [1.165, 1.54) is 12.8 Å². The predicted octanol–water partition coefficient (Wildman–Crippen LogP) is 3.87. The van der Waals surface area contributed by atoms with Gasteiger partial charge in [-0.2, -0.15) is 0 Å². The Morgan fingerprint density at radius 3 is 2.04 bits per heavy atom. The second-order valence-electron chi connectivity index (χ2n) is 8.70. The van der Waals surface area contributed by atoms with Gasteiger partial charge in [0.2, 0.25) is 0 Å². The Kier molecular flexibility index (Phi) is 5.90. The normalized spacial score (nSPS) is 53.8. The smallest absolute Gasteiger partial charge is 0.155 e. The molecule has 0 aromatic heterocycles. The molecule has 3 aliphatic heterocycles. The summed E-state index contributed by atoms with van der Waals surface area (Å²) in [5.74, 6) is 2.57. The maximum absolute atomic E-state index is 6.61. The second-order valence-corrected chi connectivity index (χ2v) is 8.70. The van der Waals surface area contributed by atoms with Gasteiger partial charge in [-0.05, 0) is 45.4 Å². The third-order valence-electron chi connectivity index (χ3n) is 6.45. The van der Waals surface area contributed by atoms with Gasteiger partial charge in [0.15, 0.2) is 6.29 Å². The lowest BCUT2D eigenvalue weighted by atomic mass is 9.73. The summed E-state index contributed by atoms with van der Waals surface area (Å²) < 4.78 is 24.4. The summed E-state index contributed by atoms with van der Waals surface area (Å²) in [6.45, 7) is 15.0. The highest BCUT2D eigenvalue weighted by molar-refractivity contribution is 4.93. The van der Waals surface area contributed by atoms with Gasteiger partial charge in [0.1, 0.15) is 0 Å². The van der Waals surface area contributed by atoms with Crippen LogP contribution in [-0.2, 0) is 18.9 Å². The SMILES string of the molecule is CC1COC(C)C(C2OC(C)C(C3OC(C)OCC3C)CC2C)C1. The van der Waals surface area contributed by atoms with Crippen LogP contribution in [0.15, 0.2) is 0 Å². The lowest BCUT2D eigenvalue weighted by Crippen LogP contribution is -2.53. The first kappa shape index (κ1) is 18.6. The Hall–Kier alpha value is -0.160. The standard InChI is InChI=1S/C20H36O4/c1-11-7-17(14(4)21-9-11)19-12(2)8-18(15(5)23-19)20-13(3)10-22-16(6)24-20/h11-20H,7-10H2,1-6H3. The molecule has 3 heterocycles. The quantitative estimate of drug-likeness (QED) is 0.764. The molecule has 3 aliphatic rings. The van der Waals surface area contributed by atoms with Gasteiger partial charge in [-0.25, -0.2) is 0 Å². The molecule has 10 atom stereocenters. The molecule has 4 nitrogen and oxygen atoms in total. The van der Waals surface area contributed by atoms with Crippen LogP contribution in [0, 0.1) is 29.6 Å². The molecule has 3 saturated heterocycles. The van der Waals surface area contributed by atoms with Crippen molar-refractivity contribution in [2.24, 2.45) is 29.6 Å². The van der Waals surface area contributed by atoms with E-state index in [-0.39, 0.29) is 18.5 Å². The van der Waals surface area contributed by atoms with E-state index in [1.807, 2.05) is 6.92 Å². The molecular weight excluding hydrogens is 304 g/mol. The van der Waals surface area contributed by atoms with Gasteiger partial charge in [0.05, 0.1) is 31.0 Å². The minimum absolute atomic E-state index is 0.0981. The lowest BCUT2D eigenvalue weighted by Gasteiger charge is -2.49. The number of rotatable bonds is 2. The fourth-order valence-corrected chi connectivity index (χ4v) is 5.03. The van der Waals surface area contributed by atoms with Crippen LogP contribution in [0.4, 0.5) is 0 Å². The zero-order chi connectivity index (χ0) is 17.4. The van der Waals surface area contributed by atoms with Gasteiger partial charge < -0.3 is 18.9 Å². The number of hydrogen-bond acceptors (Lipinski definition) is 4. The van der Waals surface area contributed by atoms with Crippen LogP contribution in [0.3, 0.4) is 0 Å². The zero-order valence-corrected chi connectivity index (χ0v) is 16.2. The van der Waals surface area contributed by atoms with Crippen molar-refractivity contribution in [2.45, 2.75) is 85.1 Å². The van der Waals surface area contributed by atoms with Gasteiger partial charge in [-0.3, -0.25) is 0 Å². The van der Waals surface area contributed by atoms with Crippen LogP contribution in [0.1, 0.15) is 54.4 Å². The molecule has 0 radical (unpaired) electrons. The van der Waals surface area contributed by atoms with Gasteiger partial charge >= 0.3 is 0 Å². The molecule has 0 amide bonds. The summed E-state index contributed by atoms with van der Waals surface area (Å²) in [4.78, 5) is 0. The van der Waals surface area contributed by atoms with Crippen molar-refractivity contribution in [3.8, 4) is 0 Å². The Bertz CT molecular complexity index is 376. The zero-order valence-electron chi connectivity index (χ0n) is 16.2. The topological polar surface area (TPSA) is 36.9 Å². The van der Waals surface area contributed by atoms with Crippen LogP contribution >= 0.6 is 0 Å². The molecule has 0 bridgehead atoms. The summed E-state index contributed by atoms with van der Waals surface area (Å²) in [6, 6.07) is 0. The first-order chi connectivity index (χ1) is 11.4. The van der Waals surface area contributed by atoms with Gasteiger partial charge in [0, 0.05) is 24.4 Å². The molecule has 0 N–H and O–H groups in total. The molecule has 0 saturated carbocycles. The fourth-order valence-electron chi connectivity index (χ4n) is 5.03. The molecule has 24 heavy (non-hydrogen) atoms. The maximum atomic E-state index is 6.61. The summed E-state index contributed by atoms with van der Waals surface area (Å²) in [5, 5.41) is 0. The first-order valence-electron chi connectivity index (χ1n) is 9.91. The maximum Gasteiger partial charge on any atom is 0.155 e. The van der Waals surface area contributed by atoms with E-state index < -0.39 is 0 Å². The highest BCUT2D eigenvalue weighted by Gasteiger charge is 2.46. The summed E-state index contributed by atoms with van der Waals surface area (Å²) in [5.41, 5.74) is 0. The van der Waals surface area contributed by atoms with E-state index >= 15 is 0 Å². The third-order valence-corrected chi connectivity index (χ3v) is 6.45. The Morgan fingerprint density at radius 2 is 1.29 bits per heavy atom. The minimum atomic E-state index is -0.0981. The van der Waals surface area contributed by atoms with E-state index in [0.717, 1.165) is 13.2 Å². The molecule has 3 fully saturated rings. The van der Waals surface area contributed by atoms with Crippen LogP contribution in [0.25, 0.3) is 0 Å². The van der Waals surface area contributed by atoms with Gasteiger partial charge in [-0.15, -0.1) is 0 Å². The van der Waals surface area contributed by atoms with Crippen LogP contribution in [-0.4, -0.2) is 43.9 Å². The van der Waals surface area contributed by atoms with E-state index in [2.05, 4.69) is 34.6 Å². The van der Waals surface area contributed by atoms with E-state index in [1.54, 1.807) is 0 Å². The monoisotopic (exact) mass is 340 g/mol. The molecule has 0 spiro atoms. The van der Waals surface area contributed by atoms with Crippen molar-refractivity contribution in [2.75, 3.05) is 13.2 Å². The van der Waals surface area contributed by atoms with Crippen molar-refractivity contribution in [3.63, 3.8) is 0 Å². The molecule has 3 rings (SSSR count). The average molecular weight is 341 g/mol. The Morgan fingerprint density at radius 1 is 0.625 bits per heavy atom. The van der Waals surface area contributed by atoms with E-state index in [4.69, 9.17) is 18.9 Å². The summed E-state index contributed by atoms with van der Waals surface area (Å²) in [7, 11) is 0. The van der Waals surface area contributed by atoms with Gasteiger partial charge in [0.25, 0.3) is 0 Å². The molecule has 4 heteroatoms. The van der Waals surface area contributed by atoms with Crippen molar-refractivity contribution < 1.29 is 18.9 Å². The molecule has 140 valence electrons. The van der Waals surface area contributed by atoms with E-state index in [0.29, 0.717) is 41.8 Å². The lowest BCUT2D eigenvalue weighted by molar-refractivity contribution is -0.263. The molecular formula is C20H36O4. The average Bonchev–Trinajstić information content (AvgIpc) is 2.54. The fraction of sp³-hybridized carbons (Fsp3) is 1.00. The molecule has 10 unspecified atom stereocenters. The Labute approximate surface area is 147 Å². The van der Waals surface area contributed by atoms with Crippen LogP contribution < -0.4 is 0 Å². The molecule has 0 aromatic rings. The van der Waals surface area contributed by atoms with Crippen molar-refractivity contribution in [1.29, 1.82) is 0 Å². The minimum Gasteiger partial charge on any atom is -0.378 e. The Balaban J connectivity index is 1.67. The largest absolute Gasteiger partial charge is 0.378 e. The third kappa shape index (κ3) is 3.82. The first-order valence-corrected chi connectivity index (χ1v) is 9.91. The number of hydrogen-bond donors (Lipinski definition) is 0. The highest BCUT2D eigenvalue weighted by atomic mass is 16.7. The summed E-state index contributed by atoms with van der Waals surface area (Å²) >= 11 is 0. The van der Waals surface area contributed by atoms with Crippen molar-refractivity contribution in [3.05, 3.63) is 0 Å². The second kappa shape index (κ2) is 7.61. The van der Waals surface area contributed by atoms with Crippen LogP contribution in [0.5, 0.6) is 0 Å². The summed E-state index contributed by atoms with van der Waals surface area (Å²) in [6.07, 6.45) is 3.37. The van der Waals surface area contributed by atoms with Crippen molar-refractivity contribution in [1.82, 2.24) is 0 Å². The van der Waals surface area contributed by atoms with E-state index in [9.17, 15) is 0 Å². The highest BCUT2D eigenvalue weighted by Crippen LogP contribution is 2.42. The van der Waals surface area contributed by atoms with Crippen LogP contribution in [0.2, 0.25) is 0 Å². The molecule has 0 aromatic carbocycles. The molecule has 0 aliphatic carbocycles.